The molecule has 0 fully saturated rings. The molecule has 0 saturated carbocycles. The number of ether oxygens (including phenoxy) is 1. The fourth-order valence-electron chi connectivity index (χ4n) is 2.33. The average Bonchev–Trinajstić information content (AvgIpc) is 3.08. The van der Waals surface area contributed by atoms with Crippen LogP contribution >= 0.6 is 55.6 Å². The van der Waals surface area contributed by atoms with Crippen LogP contribution in [0.25, 0.3) is 0 Å². The number of hydrogen-bond acceptors (Lipinski definition) is 3. The van der Waals surface area contributed by atoms with Gasteiger partial charge in [-0.1, -0.05) is 36.4 Å². The van der Waals surface area contributed by atoms with Crippen molar-refractivity contribution in [3.63, 3.8) is 0 Å². The van der Waals surface area contributed by atoms with Gasteiger partial charge in [0.25, 0.3) is 0 Å². The molecule has 0 aliphatic heterocycles. The summed E-state index contributed by atoms with van der Waals surface area (Å²) >= 11 is 9.01. The zero-order valence-corrected chi connectivity index (χ0v) is 18.2. The van der Waals surface area contributed by atoms with E-state index >= 15 is 0 Å². The van der Waals surface area contributed by atoms with Crippen molar-refractivity contribution >= 4 is 55.6 Å². The summed E-state index contributed by atoms with van der Waals surface area (Å²) in [4.78, 5) is 1.34. The number of hydrogen-bond donors (Lipinski definition) is 1. The van der Waals surface area contributed by atoms with Gasteiger partial charge in [-0.3, -0.25) is 0 Å². The Morgan fingerprint density at radius 1 is 0.880 bits per heavy atom. The Balaban J connectivity index is 0.00000225. The Morgan fingerprint density at radius 2 is 1.60 bits per heavy atom. The Morgan fingerprint density at radius 3 is 2.24 bits per heavy atom. The maximum Gasteiger partial charge on any atom is 0.148 e. The highest BCUT2D eigenvalue weighted by Gasteiger charge is 2.09. The summed E-state index contributed by atoms with van der Waals surface area (Å²) in [5, 5.41) is 5.56. The molecule has 0 unspecified atom stereocenters. The Kier molecular flexibility index (Phi) is 8.46. The molecule has 0 amide bonds. The minimum absolute atomic E-state index is 0. The van der Waals surface area contributed by atoms with Crippen molar-refractivity contribution in [1.82, 2.24) is 5.32 Å². The summed E-state index contributed by atoms with van der Waals surface area (Å²) in [5.41, 5.74) is 2.36. The zero-order valence-electron chi connectivity index (χ0n) is 13.4. The van der Waals surface area contributed by atoms with E-state index in [0.29, 0.717) is 6.61 Å². The Hall–Kier alpha value is -0.850. The third kappa shape index (κ3) is 6.12. The van der Waals surface area contributed by atoms with Gasteiger partial charge >= 0.3 is 0 Å². The molecule has 0 aliphatic carbocycles. The van der Waals surface area contributed by atoms with Crippen LogP contribution in [0.4, 0.5) is 0 Å². The lowest BCUT2D eigenvalue weighted by Crippen LogP contribution is -2.11. The van der Waals surface area contributed by atoms with Gasteiger partial charge < -0.3 is 10.1 Å². The van der Waals surface area contributed by atoms with Crippen LogP contribution in [-0.4, -0.2) is 0 Å². The molecule has 1 heterocycles. The topological polar surface area (TPSA) is 21.3 Å². The quantitative estimate of drug-likeness (QED) is 0.394. The van der Waals surface area contributed by atoms with Crippen molar-refractivity contribution in [3.8, 4) is 5.75 Å². The standard InChI is InChI=1S/C19H17Br2NOS.ClH/c20-17-9-15(11-22-12-16-7-4-8-24-16)10-18(21)19(17)23-13-14-5-2-1-3-6-14;/h1-10,22H,11-13H2;1H. The van der Waals surface area contributed by atoms with Gasteiger partial charge in [0, 0.05) is 18.0 Å². The molecule has 25 heavy (non-hydrogen) atoms. The lowest BCUT2D eigenvalue weighted by Gasteiger charge is -2.13. The number of nitrogens with one attached hydrogen (secondary N) is 1. The van der Waals surface area contributed by atoms with Crippen LogP contribution in [0.1, 0.15) is 16.0 Å². The normalized spacial score (nSPS) is 10.3. The van der Waals surface area contributed by atoms with Gasteiger partial charge in [0.1, 0.15) is 12.4 Å². The number of benzene rings is 2. The van der Waals surface area contributed by atoms with Crippen LogP contribution in [-0.2, 0) is 19.7 Å². The van der Waals surface area contributed by atoms with Crippen molar-refractivity contribution in [1.29, 1.82) is 0 Å². The molecule has 0 spiro atoms. The van der Waals surface area contributed by atoms with Gasteiger partial charge in [-0.15, -0.1) is 23.7 Å². The second-order valence-electron chi connectivity index (χ2n) is 5.35. The molecule has 2 aromatic carbocycles. The molecule has 132 valence electrons. The average molecular weight is 504 g/mol. The molecule has 0 saturated heterocycles. The maximum absolute atomic E-state index is 5.96. The summed E-state index contributed by atoms with van der Waals surface area (Å²) < 4.78 is 7.88. The summed E-state index contributed by atoms with van der Waals surface area (Å²) in [6.45, 7) is 2.25. The maximum atomic E-state index is 5.96. The van der Waals surface area contributed by atoms with E-state index in [-0.39, 0.29) is 12.4 Å². The molecule has 1 N–H and O–H groups in total. The number of halogens is 3. The fourth-order valence-corrected chi connectivity index (χ4v) is 4.51. The van der Waals surface area contributed by atoms with E-state index in [1.54, 1.807) is 11.3 Å². The predicted molar refractivity (Wildman–Crippen MR) is 115 cm³/mol. The molecular formula is C19H18Br2ClNOS. The zero-order chi connectivity index (χ0) is 16.8. The molecule has 0 radical (unpaired) electrons. The number of rotatable bonds is 7. The van der Waals surface area contributed by atoms with Crippen molar-refractivity contribution in [2.45, 2.75) is 19.7 Å². The fraction of sp³-hybridized carbons (Fsp3) is 0.158. The highest BCUT2D eigenvalue weighted by Crippen LogP contribution is 2.35. The Bertz CT molecular complexity index is 758. The van der Waals surface area contributed by atoms with Crippen LogP contribution in [0.2, 0.25) is 0 Å². The van der Waals surface area contributed by atoms with Crippen LogP contribution in [0.3, 0.4) is 0 Å². The first-order chi connectivity index (χ1) is 11.7. The van der Waals surface area contributed by atoms with E-state index in [1.165, 1.54) is 10.4 Å². The van der Waals surface area contributed by atoms with Gasteiger partial charge in [-0.2, -0.15) is 0 Å². The van der Waals surface area contributed by atoms with E-state index in [0.717, 1.165) is 33.3 Å². The molecule has 1 aromatic heterocycles. The molecule has 3 rings (SSSR count). The molecule has 0 aliphatic rings. The second-order valence-corrected chi connectivity index (χ2v) is 8.09. The highest BCUT2D eigenvalue weighted by atomic mass is 79.9. The van der Waals surface area contributed by atoms with Gasteiger partial charge in [-0.05, 0) is 66.6 Å². The van der Waals surface area contributed by atoms with Crippen molar-refractivity contribution in [3.05, 3.63) is 84.9 Å². The van der Waals surface area contributed by atoms with Crippen molar-refractivity contribution in [2.75, 3.05) is 0 Å². The summed E-state index contributed by atoms with van der Waals surface area (Å²) in [6, 6.07) is 18.6. The van der Waals surface area contributed by atoms with E-state index < -0.39 is 0 Å². The van der Waals surface area contributed by atoms with E-state index in [2.05, 4.69) is 79.0 Å². The van der Waals surface area contributed by atoms with Crippen LogP contribution in [0.15, 0.2) is 68.9 Å². The minimum atomic E-state index is 0. The van der Waals surface area contributed by atoms with E-state index in [9.17, 15) is 0 Å². The summed E-state index contributed by atoms with van der Waals surface area (Å²) in [7, 11) is 0. The molecular weight excluding hydrogens is 486 g/mol. The third-order valence-electron chi connectivity index (χ3n) is 3.49. The SMILES string of the molecule is Brc1cc(CNCc2cccs2)cc(Br)c1OCc1ccccc1.Cl. The summed E-state index contributed by atoms with van der Waals surface area (Å²) in [6.07, 6.45) is 0. The lowest BCUT2D eigenvalue weighted by atomic mass is 10.2. The number of thiophene rings is 1. The molecule has 0 bridgehead atoms. The van der Waals surface area contributed by atoms with Gasteiger partial charge in [0.2, 0.25) is 0 Å². The first kappa shape index (κ1) is 20.5. The van der Waals surface area contributed by atoms with Crippen LogP contribution < -0.4 is 10.1 Å². The smallest absolute Gasteiger partial charge is 0.148 e. The predicted octanol–water partition coefficient (Wildman–Crippen LogP) is 6.56. The van der Waals surface area contributed by atoms with Gasteiger partial charge in [-0.25, -0.2) is 0 Å². The van der Waals surface area contributed by atoms with Gasteiger partial charge in [0.15, 0.2) is 0 Å². The first-order valence-electron chi connectivity index (χ1n) is 7.60. The van der Waals surface area contributed by atoms with E-state index in [4.69, 9.17) is 4.74 Å². The van der Waals surface area contributed by atoms with Crippen molar-refractivity contribution in [2.24, 2.45) is 0 Å². The highest BCUT2D eigenvalue weighted by molar-refractivity contribution is 9.11. The van der Waals surface area contributed by atoms with Crippen LogP contribution in [0.5, 0.6) is 5.75 Å². The first-order valence-corrected chi connectivity index (χ1v) is 10.1. The monoisotopic (exact) mass is 501 g/mol. The van der Waals surface area contributed by atoms with E-state index in [1.807, 2.05) is 18.2 Å². The lowest BCUT2D eigenvalue weighted by molar-refractivity contribution is 0.302. The second kappa shape index (κ2) is 10.3. The molecule has 2 nitrogen and oxygen atoms in total. The largest absolute Gasteiger partial charge is 0.487 e. The minimum Gasteiger partial charge on any atom is -0.487 e. The van der Waals surface area contributed by atoms with Gasteiger partial charge in [0.05, 0.1) is 8.95 Å². The molecule has 3 aromatic rings. The molecule has 6 heteroatoms. The molecule has 0 atom stereocenters. The van der Waals surface area contributed by atoms with Crippen LogP contribution in [0, 0.1) is 0 Å². The Labute approximate surface area is 175 Å². The third-order valence-corrected chi connectivity index (χ3v) is 5.55. The summed E-state index contributed by atoms with van der Waals surface area (Å²) in [5.74, 6) is 0.834. The van der Waals surface area contributed by atoms with Crippen molar-refractivity contribution < 1.29 is 4.74 Å².